The SMILES string of the molecule is CC(C)Oc1ccc(S(=O)(=O)N2CCCCC2)cc1NCC(=O)Nc1ccc(C#N)c(Cl)c1. The van der Waals surface area contributed by atoms with Gasteiger partial charge in [0, 0.05) is 18.8 Å². The van der Waals surface area contributed by atoms with Gasteiger partial charge in [-0.25, -0.2) is 8.42 Å². The molecule has 3 rings (SSSR count). The van der Waals surface area contributed by atoms with Crippen LogP contribution in [0.15, 0.2) is 41.3 Å². The van der Waals surface area contributed by atoms with Crippen LogP contribution in [0.5, 0.6) is 5.75 Å². The molecule has 0 radical (unpaired) electrons. The second kappa shape index (κ2) is 10.9. The first-order valence-corrected chi connectivity index (χ1v) is 12.6. The average molecular weight is 491 g/mol. The number of sulfonamides is 1. The van der Waals surface area contributed by atoms with Crippen molar-refractivity contribution in [3.05, 3.63) is 47.0 Å². The molecule has 2 aromatic rings. The van der Waals surface area contributed by atoms with E-state index in [0.29, 0.717) is 35.8 Å². The molecule has 0 saturated carbocycles. The lowest BCUT2D eigenvalue weighted by Gasteiger charge is -2.26. The van der Waals surface area contributed by atoms with Crippen molar-refractivity contribution in [1.29, 1.82) is 5.26 Å². The normalized spacial score (nSPS) is 14.5. The van der Waals surface area contributed by atoms with Gasteiger partial charge in [-0.1, -0.05) is 18.0 Å². The van der Waals surface area contributed by atoms with Gasteiger partial charge >= 0.3 is 0 Å². The first-order valence-electron chi connectivity index (χ1n) is 10.7. The van der Waals surface area contributed by atoms with Gasteiger partial charge in [-0.2, -0.15) is 9.57 Å². The van der Waals surface area contributed by atoms with Crippen molar-refractivity contribution >= 4 is 38.9 Å². The number of nitrogens with one attached hydrogen (secondary N) is 2. The summed E-state index contributed by atoms with van der Waals surface area (Å²) < 4.78 is 33.5. The quantitative estimate of drug-likeness (QED) is 0.573. The first-order chi connectivity index (χ1) is 15.7. The van der Waals surface area contributed by atoms with Crippen LogP contribution in [-0.2, 0) is 14.8 Å². The van der Waals surface area contributed by atoms with Crippen LogP contribution in [0.2, 0.25) is 5.02 Å². The molecule has 176 valence electrons. The molecule has 33 heavy (non-hydrogen) atoms. The number of halogens is 1. The van der Waals surface area contributed by atoms with Crippen LogP contribution in [0.1, 0.15) is 38.7 Å². The van der Waals surface area contributed by atoms with Crippen molar-refractivity contribution in [2.24, 2.45) is 0 Å². The molecule has 1 fully saturated rings. The zero-order valence-corrected chi connectivity index (χ0v) is 20.2. The summed E-state index contributed by atoms with van der Waals surface area (Å²) in [6.45, 7) is 4.61. The number of hydrogen-bond donors (Lipinski definition) is 2. The van der Waals surface area contributed by atoms with E-state index in [-0.39, 0.29) is 28.5 Å². The highest BCUT2D eigenvalue weighted by atomic mass is 35.5. The van der Waals surface area contributed by atoms with Crippen LogP contribution in [0, 0.1) is 11.3 Å². The lowest BCUT2D eigenvalue weighted by atomic mass is 10.2. The molecule has 0 unspecified atom stereocenters. The van der Waals surface area contributed by atoms with Gasteiger partial charge in [-0.05, 0) is 63.1 Å². The molecule has 10 heteroatoms. The maximum Gasteiger partial charge on any atom is 0.243 e. The van der Waals surface area contributed by atoms with Gasteiger partial charge in [0.1, 0.15) is 11.8 Å². The van der Waals surface area contributed by atoms with E-state index in [1.54, 1.807) is 12.1 Å². The maximum atomic E-state index is 13.1. The standard InChI is InChI=1S/C23H27ClN4O4S/c1-16(2)32-22-9-8-19(33(30,31)28-10-4-3-5-11-28)13-21(22)26-15-23(29)27-18-7-6-17(14-25)20(24)12-18/h6-9,12-13,16,26H,3-5,10-11,15H2,1-2H3,(H,27,29). The molecule has 1 aliphatic heterocycles. The Kier molecular flexibility index (Phi) is 8.19. The number of amides is 1. The van der Waals surface area contributed by atoms with Gasteiger partial charge in [-0.3, -0.25) is 4.79 Å². The molecule has 1 amide bonds. The Morgan fingerprint density at radius 3 is 2.55 bits per heavy atom. The number of carbonyl (C=O) groups is 1. The summed E-state index contributed by atoms with van der Waals surface area (Å²) in [6.07, 6.45) is 2.58. The Morgan fingerprint density at radius 1 is 1.18 bits per heavy atom. The van der Waals surface area contributed by atoms with E-state index in [1.807, 2.05) is 19.9 Å². The zero-order valence-electron chi connectivity index (χ0n) is 18.6. The topological polar surface area (TPSA) is 112 Å². The number of carbonyl (C=O) groups excluding carboxylic acids is 1. The fourth-order valence-corrected chi connectivity index (χ4v) is 5.25. The third kappa shape index (κ3) is 6.38. The van der Waals surface area contributed by atoms with E-state index in [9.17, 15) is 13.2 Å². The molecule has 0 spiro atoms. The van der Waals surface area contributed by atoms with Crippen LogP contribution >= 0.6 is 11.6 Å². The van der Waals surface area contributed by atoms with Crippen LogP contribution in [-0.4, -0.2) is 44.4 Å². The second-order valence-corrected chi connectivity index (χ2v) is 10.3. The Hall–Kier alpha value is -2.80. The third-order valence-corrected chi connectivity index (χ3v) is 7.29. The highest BCUT2D eigenvalue weighted by molar-refractivity contribution is 7.89. The fraction of sp³-hybridized carbons (Fsp3) is 0.391. The van der Waals surface area contributed by atoms with Crippen molar-refractivity contribution < 1.29 is 17.9 Å². The molecular formula is C23H27ClN4O4S. The van der Waals surface area contributed by atoms with E-state index in [4.69, 9.17) is 21.6 Å². The molecule has 1 aliphatic rings. The van der Waals surface area contributed by atoms with E-state index >= 15 is 0 Å². The fourth-order valence-electron chi connectivity index (χ4n) is 3.48. The van der Waals surface area contributed by atoms with Crippen molar-refractivity contribution in [2.75, 3.05) is 30.3 Å². The van der Waals surface area contributed by atoms with Gasteiger partial charge in [0.25, 0.3) is 0 Å². The number of nitriles is 1. The van der Waals surface area contributed by atoms with E-state index < -0.39 is 10.0 Å². The maximum absolute atomic E-state index is 13.1. The number of rotatable bonds is 8. The van der Waals surface area contributed by atoms with E-state index in [1.165, 1.54) is 28.6 Å². The van der Waals surface area contributed by atoms with Crippen LogP contribution in [0.3, 0.4) is 0 Å². The predicted molar refractivity (Wildman–Crippen MR) is 128 cm³/mol. The number of anilines is 2. The molecule has 2 N–H and O–H groups in total. The summed E-state index contributed by atoms with van der Waals surface area (Å²) in [5.41, 5.74) is 1.18. The number of benzene rings is 2. The summed E-state index contributed by atoms with van der Waals surface area (Å²) in [4.78, 5) is 12.6. The monoisotopic (exact) mass is 490 g/mol. The van der Waals surface area contributed by atoms with Crippen LogP contribution in [0.4, 0.5) is 11.4 Å². The average Bonchev–Trinajstić information content (AvgIpc) is 2.78. The minimum atomic E-state index is -3.63. The van der Waals surface area contributed by atoms with Gasteiger partial charge in [0.15, 0.2) is 0 Å². The van der Waals surface area contributed by atoms with Crippen LogP contribution < -0.4 is 15.4 Å². The Morgan fingerprint density at radius 2 is 1.91 bits per heavy atom. The molecule has 1 saturated heterocycles. The summed E-state index contributed by atoms with van der Waals surface area (Å²) >= 11 is 6.01. The van der Waals surface area contributed by atoms with Crippen molar-refractivity contribution in [1.82, 2.24) is 4.31 Å². The summed E-state index contributed by atoms with van der Waals surface area (Å²) in [5.74, 6) is 0.0902. The second-order valence-electron chi connectivity index (χ2n) is 8.00. The summed E-state index contributed by atoms with van der Waals surface area (Å²) in [7, 11) is -3.63. The number of piperidine rings is 1. The zero-order chi connectivity index (χ0) is 24.0. The lowest BCUT2D eigenvalue weighted by molar-refractivity contribution is -0.114. The van der Waals surface area contributed by atoms with Crippen molar-refractivity contribution in [3.63, 3.8) is 0 Å². The number of nitrogens with zero attached hydrogens (tertiary/aromatic N) is 2. The molecule has 8 nitrogen and oxygen atoms in total. The number of ether oxygens (including phenoxy) is 1. The molecule has 0 atom stereocenters. The molecule has 2 aromatic carbocycles. The van der Waals surface area contributed by atoms with E-state index in [0.717, 1.165) is 19.3 Å². The van der Waals surface area contributed by atoms with Crippen LogP contribution in [0.25, 0.3) is 0 Å². The molecule has 0 aliphatic carbocycles. The summed E-state index contributed by atoms with van der Waals surface area (Å²) in [6, 6.07) is 11.2. The summed E-state index contributed by atoms with van der Waals surface area (Å²) in [5, 5.41) is 14.9. The first kappa shape index (κ1) is 24.8. The number of hydrogen-bond acceptors (Lipinski definition) is 6. The largest absolute Gasteiger partial charge is 0.489 e. The highest BCUT2D eigenvalue weighted by Crippen LogP contribution is 2.31. The molecular weight excluding hydrogens is 464 g/mol. The van der Waals surface area contributed by atoms with Gasteiger partial charge in [0.2, 0.25) is 15.9 Å². The predicted octanol–water partition coefficient (Wildman–Crippen LogP) is 4.22. The molecule has 1 heterocycles. The highest BCUT2D eigenvalue weighted by Gasteiger charge is 2.27. The van der Waals surface area contributed by atoms with Gasteiger partial charge < -0.3 is 15.4 Å². The smallest absolute Gasteiger partial charge is 0.243 e. The van der Waals surface area contributed by atoms with Crippen molar-refractivity contribution in [2.45, 2.75) is 44.1 Å². The van der Waals surface area contributed by atoms with Gasteiger partial charge in [-0.15, -0.1) is 0 Å². The molecule has 0 bridgehead atoms. The molecule has 0 aromatic heterocycles. The lowest BCUT2D eigenvalue weighted by Crippen LogP contribution is -2.35. The Balaban J connectivity index is 1.77. The Labute approximate surface area is 199 Å². The Bertz CT molecular complexity index is 1160. The van der Waals surface area contributed by atoms with Gasteiger partial charge in [0.05, 0.1) is 33.8 Å². The van der Waals surface area contributed by atoms with E-state index in [2.05, 4.69) is 10.6 Å². The minimum Gasteiger partial charge on any atom is -0.489 e. The minimum absolute atomic E-state index is 0.126. The van der Waals surface area contributed by atoms with Crippen molar-refractivity contribution in [3.8, 4) is 11.8 Å². The third-order valence-electron chi connectivity index (χ3n) is 5.08.